The largest absolute Gasteiger partial charge is 0.478 e. The van der Waals surface area contributed by atoms with Crippen LogP contribution in [-0.4, -0.2) is 36.1 Å². The first-order valence-electron chi connectivity index (χ1n) is 5.92. The average Bonchev–Trinajstić information content (AvgIpc) is 2.41. The number of carbonyl (C=O) groups is 3. The zero-order valence-corrected chi connectivity index (χ0v) is 11.7. The topological polar surface area (TPSA) is 122 Å². The van der Waals surface area contributed by atoms with Gasteiger partial charge in [-0.2, -0.15) is 0 Å². The van der Waals surface area contributed by atoms with Crippen LogP contribution < -0.4 is 16.4 Å². The lowest BCUT2D eigenvalue weighted by Gasteiger charge is -2.07. The van der Waals surface area contributed by atoms with E-state index in [1.165, 1.54) is 18.2 Å². The zero-order chi connectivity index (χ0) is 15.8. The molecule has 0 saturated heterocycles. The van der Waals surface area contributed by atoms with Gasteiger partial charge in [-0.3, -0.25) is 4.79 Å². The summed E-state index contributed by atoms with van der Waals surface area (Å²) >= 11 is 5.96. The molecule has 112 valence electrons. The minimum absolute atomic E-state index is 0.217. The number of primary amides is 1. The Kier molecular flexibility index (Phi) is 6.22. The van der Waals surface area contributed by atoms with Crippen molar-refractivity contribution in [3.05, 3.63) is 40.4 Å². The minimum Gasteiger partial charge on any atom is -0.478 e. The number of aliphatic carboxylic acids is 1. The first kappa shape index (κ1) is 16.5. The first-order valence-corrected chi connectivity index (χ1v) is 6.30. The van der Waals surface area contributed by atoms with E-state index in [0.717, 1.165) is 6.08 Å². The van der Waals surface area contributed by atoms with Crippen molar-refractivity contribution in [3.63, 3.8) is 0 Å². The molecule has 0 unspecified atom stereocenters. The Bertz CT molecular complexity index is 587. The van der Waals surface area contributed by atoms with Gasteiger partial charge in [0, 0.05) is 29.8 Å². The Morgan fingerprint density at radius 1 is 1.24 bits per heavy atom. The molecule has 21 heavy (non-hydrogen) atoms. The van der Waals surface area contributed by atoms with Gasteiger partial charge >= 0.3 is 12.0 Å². The van der Waals surface area contributed by atoms with Crippen LogP contribution in [0.4, 0.5) is 4.79 Å². The Labute approximate surface area is 125 Å². The Hall–Kier alpha value is -2.54. The molecule has 7 nitrogen and oxygen atoms in total. The van der Waals surface area contributed by atoms with Gasteiger partial charge in [-0.25, -0.2) is 9.59 Å². The minimum atomic E-state index is -1.09. The summed E-state index contributed by atoms with van der Waals surface area (Å²) in [5.74, 6) is -1.45. The summed E-state index contributed by atoms with van der Waals surface area (Å²) in [4.78, 5) is 32.7. The van der Waals surface area contributed by atoms with Crippen LogP contribution in [0.1, 0.15) is 15.9 Å². The Morgan fingerprint density at radius 2 is 1.90 bits per heavy atom. The molecule has 1 aromatic carbocycles. The van der Waals surface area contributed by atoms with Gasteiger partial charge in [0.25, 0.3) is 5.91 Å². The molecule has 0 aromatic heterocycles. The molecule has 3 amide bonds. The quantitative estimate of drug-likeness (QED) is 0.459. The number of rotatable bonds is 6. The monoisotopic (exact) mass is 311 g/mol. The van der Waals surface area contributed by atoms with Crippen LogP contribution in [0.5, 0.6) is 0 Å². The molecule has 1 rings (SSSR count). The smallest absolute Gasteiger partial charge is 0.328 e. The third-order valence-electron chi connectivity index (χ3n) is 2.38. The highest BCUT2D eigenvalue weighted by molar-refractivity contribution is 6.32. The molecular formula is C13H14ClN3O4. The fourth-order valence-corrected chi connectivity index (χ4v) is 1.67. The molecule has 0 heterocycles. The lowest BCUT2D eigenvalue weighted by molar-refractivity contribution is -0.131. The number of hydrogen-bond donors (Lipinski definition) is 4. The molecule has 0 aliphatic heterocycles. The van der Waals surface area contributed by atoms with Gasteiger partial charge in [0.1, 0.15) is 0 Å². The highest BCUT2D eigenvalue weighted by atomic mass is 35.5. The lowest BCUT2D eigenvalue weighted by atomic mass is 10.1. The summed E-state index contributed by atoms with van der Waals surface area (Å²) in [5, 5.41) is 13.7. The summed E-state index contributed by atoms with van der Waals surface area (Å²) in [7, 11) is 0. The van der Waals surface area contributed by atoms with Crippen molar-refractivity contribution >= 4 is 35.6 Å². The number of urea groups is 1. The van der Waals surface area contributed by atoms with Crippen LogP contribution in [0, 0.1) is 0 Å². The number of carboxylic acid groups (broad SMARTS) is 1. The predicted octanol–water partition coefficient (Wildman–Crippen LogP) is 0.836. The van der Waals surface area contributed by atoms with E-state index in [2.05, 4.69) is 10.6 Å². The van der Waals surface area contributed by atoms with E-state index in [-0.39, 0.29) is 24.0 Å². The number of hydrogen-bond acceptors (Lipinski definition) is 3. The van der Waals surface area contributed by atoms with Crippen molar-refractivity contribution in [3.8, 4) is 0 Å². The number of amides is 3. The van der Waals surface area contributed by atoms with E-state index in [1.54, 1.807) is 6.07 Å². The number of carbonyl (C=O) groups excluding carboxylic acids is 2. The molecule has 0 saturated carbocycles. The average molecular weight is 312 g/mol. The summed E-state index contributed by atoms with van der Waals surface area (Å²) in [6, 6.07) is 3.82. The summed E-state index contributed by atoms with van der Waals surface area (Å²) in [6.45, 7) is 0.439. The maximum Gasteiger partial charge on any atom is 0.328 e. The van der Waals surface area contributed by atoms with Crippen LogP contribution >= 0.6 is 11.6 Å². The summed E-state index contributed by atoms with van der Waals surface area (Å²) in [5.41, 5.74) is 5.70. The summed E-state index contributed by atoms with van der Waals surface area (Å²) in [6.07, 6.45) is 2.29. The number of nitrogens with two attached hydrogens (primary N) is 1. The van der Waals surface area contributed by atoms with Crippen molar-refractivity contribution in [1.29, 1.82) is 0 Å². The standard InChI is InChI=1S/C13H14ClN3O4/c14-10-7-9(2-1-8(10)3-4-11(18)19)12(20)16-5-6-17-13(15)21/h1-4,7H,5-6H2,(H,16,20)(H,18,19)(H3,15,17,21)/b4-3+. The maximum absolute atomic E-state index is 11.8. The van der Waals surface area contributed by atoms with Crippen LogP contribution in [-0.2, 0) is 4.79 Å². The number of nitrogens with one attached hydrogen (secondary N) is 2. The molecule has 0 aliphatic carbocycles. The van der Waals surface area contributed by atoms with Gasteiger partial charge in [0.05, 0.1) is 0 Å². The van der Waals surface area contributed by atoms with Gasteiger partial charge in [-0.05, 0) is 23.8 Å². The predicted molar refractivity (Wildman–Crippen MR) is 78.0 cm³/mol. The fraction of sp³-hybridized carbons (Fsp3) is 0.154. The Balaban J connectivity index is 2.63. The highest BCUT2D eigenvalue weighted by Crippen LogP contribution is 2.19. The van der Waals surface area contributed by atoms with Crippen molar-refractivity contribution in [2.75, 3.05) is 13.1 Å². The van der Waals surface area contributed by atoms with Crippen molar-refractivity contribution in [2.45, 2.75) is 0 Å². The first-order chi connectivity index (χ1) is 9.90. The van der Waals surface area contributed by atoms with Crippen LogP contribution in [0.15, 0.2) is 24.3 Å². The lowest BCUT2D eigenvalue weighted by Crippen LogP contribution is -2.37. The van der Waals surface area contributed by atoms with Crippen LogP contribution in [0.2, 0.25) is 5.02 Å². The second kappa shape index (κ2) is 7.91. The molecule has 5 N–H and O–H groups in total. The van der Waals surface area contributed by atoms with Gasteiger partial charge < -0.3 is 21.5 Å². The SMILES string of the molecule is NC(=O)NCCNC(=O)c1ccc(/C=C/C(=O)O)c(Cl)c1. The fourth-order valence-electron chi connectivity index (χ4n) is 1.43. The number of halogens is 1. The molecule has 0 bridgehead atoms. The van der Waals surface area contributed by atoms with E-state index < -0.39 is 12.0 Å². The zero-order valence-electron chi connectivity index (χ0n) is 10.9. The molecule has 0 aliphatic rings. The van der Waals surface area contributed by atoms with E-state index in [9.17, 15) is 14.4 Å². The van der Waals surface area contributed by atoms with E-state index in [0.29, 0.717) is 11.1 Å². The number of benzene rings is 1. The second-order valence-electron chi connectivity index (χ2n) is 3.95. The molecule has 0 radical (unpaired) electrons. The normalized spacial score (nSPS) is 10.3. The second-order valence-corrected chi connectivity index (χ2v) is 4.36. The van der Waals surface area contributed by atoms with Gasteiger partial charge in [0.15, 0.2) is 0 Å². The summed E-state index contributed by atoms with van der Waals surface area (Å²) < 4.78 is 0. The van der Waals surface area contributed by atoms with Crippen molar-refractivity contribution < 1.29 is 19.5 Å². The van der Waals surface area contributed by atoms with Crippen LogP contribution in [0.3, 0.4) is 0 Å². The van der Waals surface area contributed by atoms with Gasteiger partial charge in [-0.15, -0.1) is 0 Å². The van der Waals surface area contributed by atoms with Crippen molar-refractivity contribution in [2.24, 2.45) is 5.73 Å². The van der Waals surface area contributed by atoms with Crippen molar-refractivity contribution in [1.82, 2.24) is 10.6 Å². The van der Waals surface area contributed by atoms with E-state index >= 15 is 0 Å². The molecule has 1 aromatic rings. The van der Waals surface area contributed by atoms with E-state index in [1.807, 2.05) is 0 Å². The van der Waals surface area contributed by atoms with Gasteiger partial charge in [-0.1, -0.05) is 17.7 Å². The molecule has 0 fully saturated rings. The van der Waals surface area contributed by atoms with Gasteiger partial charge in [0.2, 0.25) is 0 Å². The van der Waals surface area contributed by atoms with Crippen LogP contribution in [0.25, 0.3) is 6.08 Å². The molecular weight excluding hydrogens is 298 g/mol. The molecule has 0 atom stereocenters. The third kappa shape index (κ3) is 5.96. The highest BCUT2D eigenvalue weighted by Gasteiger charge is 2.07. The maximum atomic E-state index is 11.8. The van der Waals surface area contributed by atoms with E-state index in [4.69, 9.17) is 22.4 Å². The molecule has 8 heteroatoms. The number of carboxylic acids is 1. The molecule has 0 spiro atoms. The Morgan fingerprint density at radius 3 is 2.48 bits per heavy atom. The third-order valence-corrected chi connectivity index (χ3v) is 2.71.